The number of hydrogen-bond acceptors (Lipinski definition) is 3. The number of aromatic nitrogens is 1. The van der Waals surface area contributed by atoms with Crippen molar-refractivity contribution in [1.82, 2.24) is 15.2 Å². The smallest absolute Gasteiger partial charge is 0.407 e. The fraction of sp³-hybridized carbons (Fsp3) is 0.526. The lowest BCUT2D eigenvalue weighted by Crippen LogP contribution is -2.35. The van der Waals surface area contributed by atoms with Gasteiger partial charge in [-0.05, 0) is 62.9 Å². The van der Waals surface area contributed by atoms with Gasteiger partial charge >= 0.3 is 6.09 Å². The molecule has 0 saturated heterocycles. The van der Waals surface area contributed by atoms with Gasteiger partial charge in [0.05, 0.1) is 6.10 Å². The molecule has 1 aliphatic rings. The molecule has 1 saturated carbocycles. The highest BCUT2D eigenvalue weighted by Crippen LogP contribution is 2.49. The SMILES string of the molecule is CC(C)OC(=O)NCCN(C)CC1CC1c1c[nH]c2ccc(F)cc12. The van der Waals surface area contributed by atoms with Gasteiger partial charge < -0.3 is 19.9 Å². The quantitative estimate of drug-likeness (QED) is 0.806. The summed E-state index contributed by atoms with van der Waals surface area (Å²) in [6.45, 7) is 5.97. The molecule has 1 amide bonds. The van der Waals surface area contributed by atoms with E-state index in [1.54, 1.807) is 12.1 Å². The van der Waals surface area contributed by atoms with Crippen LogP contribution < -0.4 is 5.32 Å². The lowest BCUT2D eigenvalue weighted by atomic mass is 10.1. The second-order valence-electron chi connectivity index (χ2n) is 7.18. The Bertz CT molecular complexity index is 743. The second kappa shape index (κ2) is 7.44. The normalized spacial score (nSPS) is 19.6. The molecule has 1 aromatic heterocycles. The lowest BCUT2D eigenvalue weighted by molar-refractivity contribution is 0.114. The molecule has 136 valence electrons. The largest absolute Gasteiger partial charge is 0.447 e. The van der Waals surface area contributed by atoms with Crippen LogP contribution in [0.4, 0.5) is 9.18 Å². The number of nitrogens with one attached hydrogen (secondary N) is 2. The van der Waals surface area contributed by atoms with Crippen LogP contribution in [0.25, 0.3) is 10.9 Å². The average molecular weight is 347 g/mol. The van der Waals surface area contributed by atoms with E-state index < -0.39 is 0 Å². The summed E-state index contributed by atoms with van der Waals surface area (Å²) >= 11 is 0. The van der Waals surface area contributed by atoms with Crippen molar-refractivity contribution in [2.24, 2.45) is 5.92 Å². The molecule has 25 heavy (non-hydrogen) atoms. The Morgan fingerprint density at radius 3 is 3.04 bits per heavy atom. The molecule has 0 aliphatic heterocycles. The predicted molar refractivity (Wildman–Crippen MR) is 96.2 cm³/mol. The fourth-order valence-electron chi connectivity index (χ4n) is 3.35. The molecule has 2 unspecified atom stereocenters. The zero-order chi connectivity index (χ0) is 18.0. The molecule has 3 rings (SSSR count). The number of benzene rings is 1. The molecule has 2 N–H and O–H groups in total. The van der Waals surface area contributed by atoms with Gasteiger partial charge in [0, 0.05) is 36.7 Å². The number of aromatic amines is 1. The van der Waals surface area contributed by atoms with E-state index in [1.165, 1.54) is 11.6 Å². The van der Waals surface area contributed by atoms with Crippen molar-refractivity contribution in [3.63, 3.8) is 0 Å². The molecule has 2 aromatic rings. The van der Waals surface area contributed by atoms with Gasteiger partial charge in [-0.1, -0.05) is 0 Å². The van der Waals surface area contributed by atoms with E-state index in [9.17, 15) is 9.18 Å². The minimum absolute atomic E-state index is 0.106. The molecule has 0 radical (unpaired) electrons. The minimum atomic E-state index is -0.367. The van der Waals surface area contributed by atoms with Gasteiger partial charge in [0.1, 0.15) is 5.82 Å². The maximum Gasteiger partial charge on any atom is 0.407 e. The number of rotatable bonds is 7. The molecular formula is C19H26FN3O2. The first kappa shape index (κ1) is 17.7. The summed E-state index contributed by atoms with van der Waals surface area (Å²) in [5, 5.41) is 3.75. The van der Waals surface area contributed by atoms with Gasteiger partial charge in [-0.25, -0.2) is 9.18 Å². The van der Waals surface area contributed by atoms with Crippen LogP contribution in [-0.2, 0) is 4.74 Å². The molecule has 6 heteroatoms. The zero-order valence-electron chi connectivity index (χ0n) is 15.0. The van der Waals surface area contributed by atoms with Crippen LogP contribution in [0.3, 0.4) is 0 Å². The van der Waals surface area contributed by atoms with Gasteiger partial charge in [0.15, 0.2) is 0 Å². The molecule has 2 atom stereocenters. The second-order valence-corrected chi connectivity index (χ2v) is 7.18. The first-order valence-electron chi connectivity index (χ1n) is 8.83. The number of amides is 1. The van der Waals surface area contributed by atoms with E-state index in [0.29, 0.717) is 18.4 Å². The van der Waals surface area contributed by atoms with Crippen molar-refractivity contribution in [2.75, 3.05) is 26.7 Å². The highest BCUT2D eigenvalue weighted by atomic mass is 19.1. The Kier molecular flexibility index (Phi) is 5.27. The summed E-state index contributed by atoms with van der Waals surface area (Å²) in [4.78, 5) is 16.9. The fourth-order valence-corrected chi connectivity index (χ4v) is 3.35. The number of carbonyl (C=O) groups excluding carboxylic acids is 1. The Morgan fingerprint density at radius 2 is 2.28 bits per heavy atom. The van der Waals surface area contributed by atoms with Gasteiger partial charge in [-0.2, -0.15) is 0 Å². The Morgan fingerprint density at radius 1 is 1.48 bits per heavy atom. The molecule has 1 heterocycles. The van der Waals surface area contributed by atoms with Crippen LogP contribution in [0.15, 0.2) is 24.4 Å². The maximum atomic E-state index is 13.5. The summed E-state index contributed by atoms with van der Waals surface area (Å²) < 4.78 is 18.5. The number of ether oxygens (including phenoxy) is 1. The highest BCUT2D eigenvalue weighted by Gasteiger charge is 2.40. The third-order valence-electron chi connectivity index (χ3n) is 4.65. The lowest BCUT2D eigenvalue weighted by Gasteiger charge is -2.17. The van der Waals surface area contributed by atoms with Crippen LogP contribution in [0.1, 0.15) is 31.7 Å². The molecule has 0 spiro atoms. The molecule has 5 nitrogen and oxygen atoms in total. The van der Waals surface area contributed by atoms with E-state index >= 15 is 0 Å². The van der Waals surface area contributed by atoms with Crippen molar-refractivity contribution < 1.29 is 13.9 Å². The van der Waals surface area contributed by atoms with Gasteiger partial charge in [-0.3, -0.25) is 0 Å². The van der Waals surface area contributed by atoms with E-state index in [2.05, 4.69) is 22.2 Å². The number of alkyl carbamates (subject to hydrolysis) is 1. The van der Waals surface area contributed by atoms with Crippen molar-refractivity contribution in [2.45, 2.75) is 32.3 Å². The first-order chi connectivity index (χ1) is 11.9. The van der Waals surface area contributed by atoms with Crippen LogP contribution in [0.2, 0.25) is 0 Å². The Balaban J connectivity index is 1.46. The number of nitrogens with zero attached hydrogens (tertiary/aromatic N) is 1. The number of carbonyl (C=O) groups is 1. The van der Waals surface area contributed by atoms with Crippen LogP contribution >= 0.6 is 0 Å². The van der Waals surface area contributed by atoms with Crippen molar-refractivity contribution in [3.05, 3.63) is 35.8 Å². The topological polar surface area (TPSA) is 57.4 Å². The minimum Gasteiger partial charge on any atom is -0.447 e. The van der Waals surface area contributed by atoms with E-state index in [4.69, 9.17) is 4.74 Å². The third-order valence-corrected chi connectivity index (χ3v) is 4.65. The summed E-state index contributed by atoms with van der Waals surface area (Å²) in [5.41, 5.74) is 2.20. The van der Waals surface area contributed by atoms with Crippen molar-refractivity contribution >= 4 is 17.0 Å². The summed E-state index contributed by atoms with van der Waals surface area (Å²) in [5.74, 6) is 0.869. The number of H-pyrrole nitrogens is 1. The van der Waals surface area contributed by atoms with Crippen LogP contribution in [-0.4, -0.2) is 48.8 Å². The molecular weight excluding hydrogens is 321 g/mol. The van der Waals surface area contributed by atoms with Gasteiger partial charge in [0.25, 0.3) is 0 Å². The van der Waals surface area contributed by atoms with E-state index in [-0.39, 0.29) is 18.0 Å². The standard InChI is InChI=1S/C19H26FN3O2/c1-12(2)25-19(24)21-6-7-23(3)11-13-8-15(13)17-10-22-18-5-4-14(20)9-16(17)18/h4-5,9-10,12-13,15,22H,6-8,11H2,1-3H3,(H,21,24). The monoisotopic (exact) mass is 347 g/mol. The predicted octanol–water partition coefficient (Wildman–Crippen LogP) is 3.48. The molecule has 1 fully saturated rings. The molecule has 1 aromatic carbocycles. The van der Waals surface area contributed by atoms with Gasteiger partial charge in [-0.15, -0.1) is 0 Å². The highest BCUT2D eigenvalue weighted by molar-refractivity contribution is 5.84. The van der Waals surface area contributed by atoms with E-state index in [1.807, 2.05) is 20.0 Å². The summed E-state index contributed by atoms with van der Waals surface area (Å²) in [6, 6.07) is 4.89. The summed E-state index contributed by atoms with van der Waals surface area (Å²) in [6.07, 6.45) is 2.66. The molecule has 0 bridgehead atoms. The Labute approximate surface area is 147 Å². The number of hydrogen-bond donors (Lipinski definition) is 2. The van der Waals surface area contributed by atoms with Gasteiger partial charge in [0.2, 0.25) is 0 Å². The summed E-state index contributed by atoms with van der Waals surface area (Å²) in [7, 11) is 2.06. The van der Waals surface area contributed by atoms with E-state index in [0.717, 1.165) is 30.4 Å². The first-order valence-corrected chi connectivity index (χ1v) is 8.83. The van der Waals surface area contributed by atoms with Crippen LogP contribution in [0.5, 0.6) is 0 Å². The number of halogens is 1. The number of likely N-dealkylation sites (N-methyl/N-ethyl adjacent to an activating group) is 1. The maximum absolute atomic E-state index is 13.5. The average Bonchev–Trinajstić information content (AvgIpc) is 3.15. The molecule has 1 aliphatic carbocycles. The van der Waals surface area contributed by atoms with Crippen molar-refractivity contribution in [3.8, 4) is 0 Å². The third kappa shape index (κ3) is 4.51. The van der Waals surface area contributed by atoms with Crippen molar-refractivity contribution in [1.29, 1.82) is 0 Å². The Hall–Kier alpha value is -2.08. The van der Waals surface area contributed by atoms with Crippen LogP contribution in [0, 0.1) is 11.7 Å². The number of fused-ring (bicyclic) bond motifs is 1. The zero-order valence-corrected chi connectivity index (χ0v) is 15.0.